The molecule has 0 amide bonds. The zero-order valence-electron chi connectivity index (χ0n) is 17.8. The van der Waals surface area contributed by atoms with Crippen molar-refractivity contribution >= 4 is 6.16 Å². The Labute approximate surface area is 186 Å². The van der Waals surface area contributed by atoms with Crippen molar-refractivity contribution in [3.05, 3.63) is 108 Å². The molecule has 4 aromatic carbocycles. The van der Waals surface area contributed by atoms with Crippen molar-refractivity contribution in [1.82, 2.24) is 0 Å². The van der Waals surface area contributed by atoms with Crippen molar-refractivity contribution in [1.29, 1.82) is 0 Å². The van der Waals surface area contributed by atoms with Crippen LogP contribution in [0.4, 0.5) is 4.79 Å². The van der Waals surface area contributed by atoms with Gasteiger partial charge in [-0.15, -0.1) is 0 Å². The molecule has 0 saturated carbocycles. The first-order chi connectivity index (χ1) is 15.5. The monoisotopic (exact) mass is 426 g/mol. The normalized spacial score (nSPS) is 10.3. The van der Waals surface area contributed by atoms with Crippen LogP contribution in [-0.4, -0.2) is 6.16 Å². The molecule has 0 bridgehead atoms. The Morgan fingerprint density at radius 3 is 1.00 bits per heavy atom. The molecule has 0 aliphatic heterocycles. The van der Waals surface area contributed by atoms with Crippen LogP contribution in [-0.2, 0) is 0 Å². The van der Waals surface area contributed by atoms with E-state index in [0.29, 0.717) is 23.0 Å². The van der Waals surface area contributed by atoms with Gasteiger partial charge in [0, 0.05) is 0 Å². The number of hydrogen-bond acceptors (Lipinski definition) is 5. The highest BCUT2D eigenvalue weighted by Crippen LogP contribution is 2.26. The summed E-state index contributed by atoms with van der Waals surface area (Å²) in [5.41, 5.74) is 2.32. The van der Waals surface area contributed by atoms with Crippen LogP contribution in [0.2, 0.25) is 0 Å². The lowest BCUT2D eigenvalue weighted by Gasteiger charge is -2.09. The summed E-state index contributed by atoms with van der Waals surface area (Å²) in [6.07, 6.45) is -0.829. The van der Waals surface area contributed by atoms with Gasteiger partial charge >= 0.3 is 6.16 Å². The molecule has 5 heteroatoms. The Bertz CT molecular complexity index is 1070. The second-order valence-corrected chi connectivity index (χ2v) is 7.23. The average molecular weight is 426 g/mol. The van der Waals surface area contributed by atoms with Gasteiger partial charge in [0.1, 0.15) is 34.5 Å². The van der Waals surface area contributed by atoms with Crippen molar-refractivity contribution < 1.29 is 23.7 Å². The Morgan fingerprint density at radius 1 is 0.438 bits per heavy atom. The van der Waals surface area contributed by atoms with E-state index in [9.17, 15) is 4.79 Å². The number of aryl methyl sites for hydroxylation is 2. The third kappa shape index (κ3) is 5.89. The first-order valence-electron chi connectivity index (χ1n) is 10.1. The van der Waals surface area contributed by atoms with Crippen molar-refractivity contribution in [2.75, 3.05) is 0 Å². The highest BCUT2D eigenvalue weighted by atomic mass is 16.7. The second-order valence-electron chi connectivity index (χ2n) is 7.23. The summed E-state index contributed by atoms with van der Waals surface area (Å²) in [5.74, 6) is 3.45. The molecule has 4 rings (SSSR count). The third-order valence-corrected chi connectivity index (χ3v) is 4.56. The average Bonchev–Trinajstić information content (AvgIpc) is 2.79. The topological polar surface area (TPSA) is 54.0 Å². The first kappa shape index (κ1) is 21.0. The van der Waals surface area contributed by atoms with E-state index in [-0.39, 0.29) is 0 Å². The second kappa shape index (κ2) is 9.71. The summed E-state index contributed by atoms with van der Waals surface area (Å²) in [7, 11) is 0. The van der Waals surface area contributed by atoms with E-state index < -0.39 is 6.16 Å². The minimum Gasteiger partial charge on any atom is -0.457 e. The van der Waals surface area contributed by atoms with Crippen LogP contribution in [0.1, 0.15) is 11.1 Å². The fourth-order valence-electron chi connectivity index (χ4n) is 2.85. The zero-order valence-corrected chi connectivity index (χ0v) is 17.8. The predicted octanol–water partition coefficient (Wildman–Crippen LogP) is 7.47. The minimum absolute atomic E-state index is 0.352. The Kier molecular flexibility index (Phi) is 6.37. The van der Waals surface area contributed by atoms with Gasteiger partial charge in [0.05, 0.1) is 0 Å². The molecule has 0 aliphatic carbocycles. The Morgan fingerprint density at radius 2 is 0.688 bits per heavy atom. The van der Waals surface area contributed by atoms with Gasteiger partial charge in [0.2, 0.25) is 0 Å². The van der Waals surface area contributed by atoms with Crippen LogP contribution in [0.5, 0.6) is 34.5 Å². The standard InChI is InChI=1S/C27H22O5/c1-19-3-7-21(8-4-19)29-23-11-15-25(16-12-23)31-27(28)32-26-17-13-24(14-18-26)30-22-9-5-20(2)6-10-22/h3-18H,1-2H3. The molecule has 0 unspecified atom stereocenters. The SMILES string of the molecule is Cc1ccc(Oc2ccc(OC(=O)Oc3ccc(Oc4ccc(C)cc4)cc3)cc2)cc1. The molecule has 0 N–H and O–H groups in total. The van der Waals surface area contributed by atoms with Crippen LogP contribution < -0.4 is 18.9 Å². The fourth-order valence-corrected chi connectivity index (χ4v) is 2.85. The number of carbonyl (C=O) groups excluding carboxylic acids is 1. The van der Waals surface area contributed by atoms with Crippen molar-refractivity contribution in [2.24, 2.45) is 0 Å². The summed E-state index contributed by atoms with van der Waals surface area (Å²) < 4.78 is 22.0. The molecule has 0 heterocycles. The molecule has 0 aliphatic rings. The van der Waals surface area contributed by atoms with Gasteiger partial charge in [-0.2, -0.15) is 0 Å². The third-order valence-electron chi connectivity index (χ3n) is 4.56. The lowest BCUT2D eigenvalue weighted by Crippen LogP contribution is -2.13. The van der Waals surface area contributed by atoms with Crippen molar-refractivity contribution in [2.45, 2.75) is 13.8 Å². The van der Waals surface area contributed by atoms with Gasteiger partial charge < -0.3 is 18.9 Å². The molecule has 32 heavy (non-hydrogen) atoms. The molecule has 4 aromatic rings. The quantitative estimate of drug-likeness (QED) is 0.236. The smallest absolute Gasteiger partial charge is 0.457 e. The first-order valence-corrected chi connectivity index (χ1v) is 10.1. The molecule has 0 spiro atoms. The molecule has 160 valence electrons. The summed E-state index contributed by atoms with van der Waals surface area (Å²) in [5, 5.41) is 0. The highest BCUT2D eigenvalue weighted by Gasteiger charge is 2.09. The van der Waals surface area contributed by atoms with E-state index in [0.717, 1.165) is 22.6 Å². The summed E-state index contributed by atoms with van der Waals surface area (Å²) in [6.45, 7) is 4.03. The van der Waals surface area contributed by atoms with Gasteiger partial charge in [-0.05, 0) is 86.6 Å². The zero-order chi connectivity index (χ0) is 22.3. The molecular formula is C27H22O5. The fraction of sp³-hybridized carbons (Fsp3) is 0.0741. The number of hydrogen-bond donors (Lipinski definition) is 0. The Balaban J connectivity index is 1.29. The van der Waals surface area contributed by atoms with E-state index >= 15 is 0 Å². The van der Waals surface area contributed by atoms with Crippen LogP contribution >= 0.6 is 0 Å². The van der Waals surface area contributed by atoms with Crippen molar-refractivity contribution in [3.63, 3.8) is 0 Å². The van der Waals surface area contributed by atoms with E-state index in [1.807, 2.05) is 62.4 Å². The lowest BCUT2D eigenvalue weighted by molar-refractivity contribution is 0.152. The molecule has 0 fully saturated rings. The number of rotatable bonds is 6. The predicted molar refractivity (Wildman–Crippen MR) is 122 cm³/mol. The molecule has 5 nitrogen and oxygen atoms in total. The molecule has 0 saturated heterocycles. The molecule has 0 atom stereocenters. The van der Waals surface area contributed by atoms with Gasteiger partial charge in [-0.3, -0.25) is 0 Å². The van der Waals surface area contributed by atoms with Crippen LogP contribution in [0.3, 0.4) is 0 Å². The van der Waals surface area contributed by atoms with Gasteiger partial charge in [-0.1, -0.05) is 35.4 Å². The molecule has 0 aromatic heterocycles. The largest absolute Gasteiger partial charge is 0.519 e. The van der Waals surface area contributed by atoms with E-state index in [2.05, 4.69) is 0 Å². The highest BCUT2D eigenvalue weighted by molar-refractivity contribution is 5.67. The van der Waals surface area contributed by atoms with Gasteiger partial charge in [0.15, 0.2) is 0 Å². The molecule has 0 radical (unpaired) electrons. The van der Waals surface area contributed by atoms with Crippen LogP contribution in [0.15, 0.2) is 97.1 Å². The minimum atomic E-state index is -0.829. The maximum Gasteiger partial charge on any atom is 0.519 e. The van der Waals surface area contributed by atoms with Crippen LogP contribution in [0, 0.1) is 13.8 Å². The molecular weight excluding hydrogens is 404 g/mol. The number of carbonyl (C=O) groups is 1. The summed E-state index contributed by atoms with van der Waals surface area (Å²) in [4.78, 5) is 12.1. The number of benzene rings is 4. The maximum absolute atomic E-state index is 12.1. The van der Waals surface area contributed by atoms with E-state index in [1.165, 1.54) is 0 Å². The van der Waals surface area contributed by atoms with Gasteiger partial charge in [-0.25, -0.2) is 4.79 Å². The maximum atomic E-state index is 12.1. The lowest BCUT2D eigenvalue weighted by atomic mass is 10.2. The Hall–Kier alpha value is -4.25. The van der Waals surface area contributed by atoms with E-state index in [4.69, 9.17) is 18.9 Å². The summed E-state index contributed by atoms with van der Waals surface area (Å²) in [6, 6.07) is 28.9. The van der Waals surface area contributed by atoms with Crippen molar-refractivity contribution in [3.8, 4) is 34.5 Å². The van der Waals surface area contributed by atoms with Crippen LogP contribution in [0.25, 0.3) is 0 Å². The van der Waals surface area contributed by atoms with Gasteiger partial charge in [0.25, 0.3) is 0 Å². The number of ether oxygens (including phenoxy) is 4. The summed E-state index contributed by atoms with van der Waals surface area (Å²) >= 11 is 0. The van der Waals surface area contributed by atoms with E-state index in [1.54, 1.807) is 48.5 Å².